The lowest BCUT2D eigenvalue weighted by Crippen LogP contribution is -2.33. The number of thiophene rings is 1. The number of nitrogens with zero attached hydrogens (tertiary/aromatic N) is 2. The van der Waals surface area contributed by atoms with E-state index in [1.807, 2.05) is 11.4 Å². The SMILES string of the molecule is Nc1nccc2scc(CN3CC[C@H](N)C3=O)c12. The summed E-state index contributed by atoms with van der Waals surface area (Å²) in [6.45, 7) is 1.29. The Hall–Kier alpha value is -1.66. The summed E-state index contributed by atoms with van der Waals surface area (Å²) >= 11 is 1.62. The van der Waals surface area contributed by atoms with E-state index >= 15 is 0 Å². The van der Waals surface area contributed by atoms with Crippen LogP contribution in [0.5, 0.6) is 0 Å². The summed E-state index contributed by atoms with van der Waals surface area (Å²) < 4.78 is 1.11. The van der Waals surface area contributed by atoms with E-state index < -0.39 is 0 Å². The molecule has 18 heavy (non-hydrogen) atoms. The molecule has 0 spiro atoms. The number of carbonyl (C=O) groups excluding carboxylic acids is 1. The normalized spacial score (nSPS) is 19.9. The molecule has 94 valence electrons. The molecule has 6 heteroatoms. The van der Waals surface area contributed by atoms with Gasteiger partial charge >= 0.3 is 0 Å². The Bertz CT molecular complexity index is 609. The zero-order valence-corrected chi connectivity index (χ0v) is 10.6. The molecule has 0 aliphatic carbocycles. The van der Waals surface area contributed by atoms with Gasteiger partial charge in [-0.05, 0) is 23.4 Å². The fraction of sp³-hybridized carbons (Fsp3) is 0.333. The van der Waals surface area contributed by atoms with Crippen molar-refractivity contribution in [2.24, 2.45) is 5.73 Å². The van der Waals surface area contributed by atoms with Crippen LogP contribution in [0.15, 0.2) is 17.6 Å². The van der Waals surface area contributed by atoms with Crippen molar-refractivity contribution in [1.29, 1.82) is 0 Å². The maximum Gasteiger partial charge on any atom is 0.239 e. The van der Waals surface area contributed by atoms with Crippen LogP contribution < -0.4 is 11.5 Å². The first-order valence-corrected chi connectivity index (χ1v) is 6.69. The second-order valence-corrected chi connectivity index (χ2v) is 5.40. The molecule has 3 rings (SSSR count). The molecule has 1 fully saturated rings. The predicted octanol–water partition coefficient (Wildman–Crippen LogP) is 0.938. The summed E-state index contributed by atoms with van der Waals surface area (Å²) in [5, 5.41) is 3.01. The number of rotatable bonds is 2. The molecule has 0 aromatic carbocycles. The molecule has 0 saturated carbocycles. The van der Waals surface area contributed by atoms with Gasteiger partial charge in [-0.25, -0.2) is 4.98 Å². The van der Waals surface area contributed by atoms with Crippen LogP contribution in [0, 0.1) is 0 Å². The van der Waals surface area contributed by atoms with Crippen molar-refractivity contribution in [1.82, 2.24) is 9.88 Å². The molecule has 0 radical (unpaired) electrons. The van der Waals surface area contributed by atoms with E-state index in [9.17, 15) is 4.79 Å². The monoisotopic (exact) mass is 262 g/mol. The Morgan fingerprint density at radius 2 is 2.39 bits per heavy atom. The number of amides is 1. The first-order chi connectivity index (χ1) is 8.66. The maximum absolute atomic E-state index is 11.8. The van der Waals surface area contributed by atoms with Crippen molar-refractivity contribution in [3.63, 3.8) is 0 Å². The van der Waals surface area contributed by atoms with Gasteiger partial charge in [-0.2, -0.15) is 0 Å². The Morgan fingerprint density at radius 3 is 3.11 bits per heavy atom. The lowest BCUT2D eigenvalue weighted by Gasteiger charge is -2.15. The third kappa shape index (κ3) is 1.74. The van der Waals surface area contributed by atoms with Gasteiger partial charge < -0.3 is 16.4 Å². The zero-order valence-electron chi connectivity index (χ0n) is 9.80. The van der Waals surface area contributed by atoms with E-state index in [0.717, 1.165) is 28.6 Å². The highest BCUT2D eigenvalue weighted by molar-refractivity contribution is 7.17. The molecule has 0 bridgehead atoms. The van der Waals surface area contributed by atoms with Gasteiger partial charge in [-0.15, -0.1) is 11.3 Å². The number of likely N-dealkylation sites (tertiary alicyclic amines) is 1. The van der Waals surface area contributed by atoms with Crippen LogP contribution in [0.4, 0.5) is 5.82 Å². The van der Waals surface area contributed by atoms with E-state index in [0.29, 0.717) is 12.4 Å². The third-order valence-electron chi connectivity index (χ3n) is 3.29. The highest BCUT2D eigenvalue weighted by Gasteiger charge is 2.28. The van der Waals surface area contributed by atoms with Crippen molar-refractivity contribution in [3.05, 3.63) is 23.2 Å². The number of aromatic nitrogens is 1. The van der Waals surface area contributed by atoms with E-state index in [1.54, 1.807) is 22.4 Å². The van der Waals surface area contributed by atoms with Crippen LogP contribution in [-0.2, 0) is 11.3 Å². The molecule has 1 saturated heterocycles. The van der Waals surface area contributed by atoms with Crippen LogP contribution in [0.1, 0.15) is 12.0 Å². The van der Waals surface area contributed by atoms with Gasteiger partial charge in [0, 0.05) is 29.4 Å². The molecule has 2 aromatic rings. The van der Waals surface area contributed by atoms with Crippen LogP contribution >= 0.6 is 11.3 Å². The molecule has 3 heterocycles. The second kappa shape index (κ2) is 4.22. The number of hydrogen-bond acceptors (Lipinski definition) is 5. The molecule has 1 aliphatic rings. The van der Waals surface area contributed by atoms with E-state index in [-0.39, 0.29) is 11.9 Å². The third-order valence-corrected chi connectivity index (χ3v) is 4.29. The largest absolute Gasteiger partial charge is 0.383 e. The van der Waals surface area contributed by atoms with Crippen molar-refractivity contribution in [2.45, 2.75) is 19.0 Å². The number of nitrogen functional groups attached to an aromatic ring is 1. The van der Waals surface area contributed by atoms with Crippen LogP contribution in [0.3, 0.4) is 0 Å². The molecular formula is C12H14N4OS. The standard InChI is InChI=1S/C12H14N4OS/c13-8-2-4-16(12(8)17)5-7-6-18-9-1-3-15-11(14)10(7)9/h1,3,6,8H,2,4-5,13H2,(H2,14,15)/t8-/m0/s1. The number of carbonyl (C=O) groups is 1. The minimum Gasteiger partial charge on any atom is -0.383 e. The minimum atomic E-state index is -0.342. The average Bonchev–Trinajstić information content (AvgIpc) is 2.90. The highest BCUT2D eigenvalue weighted by atomic mass is 32.1. The molecule has 0 unspecified atom stereocenters. The van der Waals surface area contributed by atoms with Crippen molar-refractivity contribution in [3.8, 4) is 0 Å². The van der Waals surface area contributed by atoms with Gasteiger partial charge in [-0.3, -0.25) is 4.79 Å². The van der Waals surface area contributed by atoms with Gasteiger partial charge in [0.1, 0.15) is 5.82 Å². The van der Waals surface area contributed by atoms with Gasteiger partial charge in [0.05, 0.1) is 6.04 Å². The molecule has 1 atom stereocenters. The van der Waals surface area contributed by atoms with Crippen molar-refractivity contribution in [2.75, 3.05) is 12.3 Å². The molecule has 1 aliphatic heterocycles. The molecule has 4 N–H and O–H groups in total. The van der Waals surface area contributed by atoms with E-state index in [2.05, 4.69) is 4.98 Å². The second-order valence-electron chi connectivity index (χ2n) is 4.49. The Morgan fingerprint density at radius 1 is 1.56 bits per heavy atom. The Balaban J connectivity index is 1.94. The fourth-order valence-corrected chi connectivity index (χ4v) is 3.27. The summed E-state index contributed by atoms with van der Waals surface area (Å²) in [5.74, 6) is 0.552. The Labute approximate surface area is 108 Å². The quantitative estimate of drug-likeness (QED) is 0.843. The lowest BCUT2D eigenvalue weighted by atomic mass is 10.2. The number of fused-ring (bicyclic) bond motifs is 1. The molecule has 5 nitrogen and oxygen atoms in total. The first kappa shape index (κ1) is 11.4. The van der Waals surface area contributed by atoms with Crippen LogP contribution in [0.2, 0.25) is 0 Å². The number of pyridine rings is 1. The predicted molar refractivity (Wildman–Crippen MR) is 72.0 cm³/mol. The lowest BCUT2D eigenvalue weighted by molar-refractivity contribution is -0.129. The number of anilines is 1. The topological polar surface area (TPSA) is 85.2 Å². The number of nitrogens with two attached hydrogens (primary N) is 2. The van der Waals surface area contributed by atoms with Gasteiger partial charge in [0.25, 0.3) is 0 Å². The smallest absolute Gasteiger partial charge is 0.239 e. The molecular weight excluding hydrogens is 248 g/mol. The summed E-state index contributed by atoms with van der Waals surface area (Å²) in [7, 11) is 0. The van der Waals surface area contributed by atoms with Crippen LogP contribution in [0.25, 0.3) is 10.1 Å². The zero-order chi connectivity index (χ0) is 12.7. The van der Waals surface area contributed by atoms with Crippen molar-refractivity contribution >= 4 is 33.1 Å². The van der Waals surface area contributed by atoms with Gasteiger partial charge in [0.2, 0.25) is 5.91 Å². The van der Waals surface area contributed by atoms with Crippen molar-refractivity contribution < 1.29 is 4.79 Å². The van der Waals surface area contributed by atoms with Gasteiger partial charge in [-0.1, -0.05) is 0 Å². The first-order valence-electron chi connectivity index (χ1n) is 5.81. The highest BCUT2D eigenvalue weighted by Crippen LogP contribution is 2.30. The number of hydrogen-bond donors (Lipinski definition) is 2. The average molecular weight is 262 g/mol. The Kier molecular flexibility index (Phi) is 2.68. The van der Waals surface area contributed by atoms with Crippen LogP contribution in [-0.4, -0.2) is 28.4 Å². The summed E-state index contributed by atoms with van der Waals surface area (Å²) in [5.41, 5.74) is 12.7. The van der Waals surface area contributed by atoms with E-state index in [4.69, 9.17) is 11.5 Å². The molecule has 1 amide bonds. The summed E-state index contributed by atoms with van der Waals surface area (Å²) in [6.07, 6.45) is 2.43. The maximum atomic E-state index is 11.8. The molecule has 2 aromatic heterocycles. The summed E-state index contributed by atoms with van der Waals surface area (Å²) in [6, 6.07) is 1.60. The summed E-state index contributed by atoms with van der Waals surface area (Å²) in [4.78, 5) is 17.7. The van der Waals surface area contributed by atoms with Gasteiger partial charge in [0.15, 0.2) is 0 Å². The fourth-order valence-electron chi connectivity index (χ4n) is 2.32. The minimum absolute atomic E-state index is 0.0248. The van der Waals surface area contributed by atoms with E-state index in [1.165, 1.54) is 0 Å².